The van der Waals surface area contributed by atoms with Crippen molar-refractivity contribution < 1.29 is 0 Å². The van der Waals surface area contributed by atoms with E-state index in [9.17, 15) is 0 Å². The third-order valence-corrected chi connectivity index (χ3v) is 3.97. The van der Waals surface area contributed by atoms with Gasteiger partial charge in [0.2, 0.25) is 0 Å². The van der Waals surface area contributed by atoms with E-state index in [1.165, 1.54) is 50.4 Å². The largest absolute Gasteiger partial charge is 0.0533 e. The Labute approximate surface area is 76.7 Å². The summed E-state index contributed by atoms with van der Waals surface area (Å²) in [5.74, 6) is 2.37. The van der Waals surface area contributed by atoms with Crippen LogP contribution in [0.5, 0.6) is 0 Å². The zero-order chi connectivity index (χ0) is 8.23. The first-order valence-electron chi connectivity index (χ1n) is 5.97. The molecule has 0 aromatic carbocycles. The molecule has 3 aliphatic rings. The van der Waals surface area contributed by atoms with E-state index >= 15 is 0 Å². The van der Waals surface area contributed by atoms with E-state index < -0.39 is 0 Å². The van der Waals surface area contributed by atoms with Gasteiger partial charge in [0.15, 0.2) is 0 Å². The molecule has 0 N–H and O–H groups in total. The average Bonchev–Trinajstić information content (AvgIpc) is 1.68. The summed E-state index contributed by atoms with van der Waals surface area (Å²) in [5.41, 5.74) is 0. The van der Waals surface area contributed by atoms with E-state index in [0.717, 1.165) is 0 Å². The summed E-state index contributed by atoms with van der Waals surface area (Å²) in [7, 11) is 0. The van der Waals surface area contributed by atoms with Crippen LogP contribution in [0.3, 0.4) is 0 Å². The van der Waals surface area contributed by atoms with Crippen LogP contribution >= 0.6 is 0 Å². The topological polar surface area (TPSA) is 0 Å². The Bertz CT molecular complexity index is 100. The standard InChI is InChI=1S/C8H14.C4H8/c1-3-7(4-1)8-5-2-6-8;1-2-4-3-1/h7-8H,1-6H2;1-4H2. The SMILES string of the molecule is C1CC(C2CCC2)C1.C1CCC1. The highest BCUT2D eigenvalue weighted by Gasteiger charge is 2.30. The molecule has 0 amide bonds. The molecule has 0 bridgehead atoms. The lowest BCUT2D eigenvalue weighted by atomic mass is 9.67. The normalized spacial score (nSPS) is 29.0. The predicted molar refractivity (Wildman–Crippen MR) is 53.2 cm³/mol. The summed E-state index contributed by atoms with van der Waals surface area (Å²) in [6.07, 6.45) is 15.3. The van der Waals surface area contributed by atoms with Crippen molar-refractivity contribution in [3.63, 3.8) is 0 Å². The van der Waals surface area contributed by atoms with E-state index in [-0.39, 0.29) is 0 Å². The van der Waals surface area contributed by atoms with E-state index in [1.54, 1.807) is 25.7 Å². The first-order chi connectivity index (χ1) is 5.97. The van der Waals surface area contributed by atoms with Crippen LogP contribution in [-0.2, 0) is 0 Å². The highest BCUT2D eigenvalue weighted by Crippen LogP contribution is 2.43. The third kappa shape index (κ3) is 2.02. The second-order valence-corrected chi connectivity index (χ2v) is 4.80. The van der Waals surface area contributed by atoms with Crippen LogP contribution in [0.25, 0.3) is 0 Å². The molecule has 3 saturated carbocycles. The molecule has 0 spiro atoms. The Kier molecular flexibility index (Phi) is 3.08. The molecule has 0 unspecified atom stereocenters. The maximum Gasteiger partial charge on any atom is -0.0386 e. The van der Waals surface area contributed by atoms with Gasteiger partial charge in [-0.05, 0) is 11.8 Å². The summed E-state index contributed by atoms with van der Waals surface area (Å²) in [6.45, 7) is 0. The fourth-order valence-corrected chi connectivity index (χ4v) is 2.07. The fraction of sp³-hybridized carbons (Fsp3) is 1.00. The van der Waals surface area contributed by atoms with Crippen molar-refractivity contribution in [1.82, 2.24) is 0 Å². The second-order valence-electron chi connectivity index (χ2n) is 4.80. The molecular weight excluding hydrogens is 144 g/mol. The zero-order valence-electron chi connectivity index (χ0n) is 8.23. The molecule has 3 fully saturated rings. The summed E-state index contributed by atoms with van der Waals surface area (Å²) in [5, 5.41) is 0. The van der Waals surface area contributed by atoms with Crippen LogP contribution in [0.2, 0.25) is 0 Å². The first-order valence-corrected chi connectivity index (χ1v) is 5.97. The van der Waals surface area contributed by atoms with Gasteiger partial charge >= 0.3 is 0 Å². The Hall–Kier alpha value is 0. The number of rotatable bonds is 1. The smallest absolute Gasteiger partial charge is 0.0386 e. The van der Waals surface area contributed by atoms with E-state index in [2.05, 4.69) is 0 Å². The molecule has 0 aromatic heterocycles. The lowest BCUT2D eigenvalue weighted by Gasteiger charge is -2.39. The summed E-state index contributed by atoms with van der Waals surface area (Å²) < 4.78 is 0. The highest BCUT2D eigenvalue weighted by atomic mass is 14.4. The van der Waals surface area contributed by atoms with Crippen LogP contribution in [0.15, 0.2) is 0 Å². The van der Waals surface area contributed by atoms with Crippen molar-refractivity contribution >= 4 is 0 Å². The van der Waals surface area contributed by atoms with Gasteiger partial charge in [-0.25, -0.2) is 0 Å². The molecule has 0 atom stereocenters. The Balaban J connectivity index is 0.000000119. The van der Waals surface area contributed by atoms with Crippen LogP contribution in [0.1, 0.15) is 64.2 Å². The molecule has 0 heterocycles. The van der Waals surface area contributed by atoms with Crippen molar-refractivity contribution in [2.24, 2.45) is 11.8 Å². The van der Waals surface area contributed by atoms with E-state index in [4.69, 9.17) is 0 Å². The maximum absolute atomic E-state index is 1.56. The lowest BCUT2D eigenvalue weighted by Crippen LogP contribution is -2.26. The minimum absolute atomic E-state index is 1.18. The molecule has 0 aliphatic heterocycles. The van der Waals surface area contributed by atoms with Gasteiger partial charge in [0.1, 0.15) is 0 Å². The molecule has 0 saturated heterocycles. The van der Waals surface area contributed by atoms with Gasteiger partial charge in [0.25, 0.3) is 0 Å². The number of hydrogen-bond donors (Lipinski definition) is 0. The summed E-state index contributed by atoms with van der Waals surface area (Å²) in [6, 6.07) is 0. The van der Waals surface area contributed by atoms with Crippen molar-refractivity contribution in [3.05, 3.63) is 0 Å². The number of hydrogen-bond acceptors (Lipinski definition) is 0. The van der Waals surface area contributed by atoms with Gasteiger partial charge in [0.05, 0.1) is 0 Å². The van der Waals surface area contributed by atoms with Crippen LogP contribution in [-0.4, -0.2) is 0 Å². The molecule has 0 nitrogen and oxygen atoms in total. The van der Waals surface area contributed by atoms with Gasteiger partial charge < -0.3 is 0 Å². The second kappa shape index (κ2) is 4.30. The van der Waals surface area contributed by atoms with Crippen LogP contribution in [0.4, 0.5) is 0 Å². The Morgan fingerprint density at radius 2 is 0.750 bits per heavy atom. The molecule has 0 heteroatoms. The molecule has 0 aromatic rings. The average molecular weight is 166 g/mol. The molecular formula is C12H22. The molecule has 70 valence electrons. The molecule has 3 rings (SSSR count). The third-order valence-electron chi connectivity index (χ3n) is 3.97. The molecule has 0 radical (unpaired) electrons. The predicted octanol–water partition coefficient (Wildman–Crippen LogP) is 4.15. The minimum atomic E-state index is 1.18. The quantitative estimate of drug-likeness (QED) is 0.549. The minimum Gasteiger partial charge on any atom is -0.0533 e. The van der Waals surface area contributed by atoms with Crippen LogP contribution < -0.4 is 0 Å². The van der Waals surface area contributed by atoms with Gasteiger partial charge in [-0.15, -0.1) is 0 Å². The van der Waals surface area contributed by atoms with E-state index in [0.29, 0.717) is 0 Å². The summed E-state index contributed by atoms with van der Waals surface area (Å²) in [4.78, 5) is 0. The monoisotopic (exact) mass is 166 g/mol. The maximum atomic E-state index is 1.56. The van der Waals surface area contributed by atoms with Crippen LogP contribution in [0, 0.1) is 11.8 Å². The first kappa shape index (κ1) is 8.59. The van der Waals surface area contributed by atoms with Gasteiger partial charge in [-0.3, -0.25) is 0 Å². The van der Waals surface area contributed by atoms with Gasteiger partial charge in [0, 0.05) is 0 Å². The Morgan fingerprint density at radius 1 is 0.417 bits per heavy atom. The van der Waals surface area contributed by atoms with Crippen molar-refractivity contribution in [1.29, 1.82) is 0 Å². The van der Waals surface area contributed by atoms with Crippen molar-refractivity contribution in [2.75, 3.05) is 0 Å². The van der Waals surface area contributed by atoms with Crippen molar-refractivity contribution in [3.8, 4) is 0 Å². The summed E-state index contributed by atoms with van der Waals surface area (Å²) >= 11 is 0. The Morgan fingerprint density at radius 3 is 0.833 bits per heavy atom. The lowest BCUT2D eigenvalue weighted by molar-refractivity contribution is 0.129. The van der Waals surface area contributed by atoms with Gasteiger partial charge in [-0.1, -0.05) is 64.2 Å². The molecule has 12 heavy (non-hydrogen) atoms. The highest BCUT2D eigenvalue weighted by molar-refractivity contribution is 4.82. The van der Waals surface area contributed by atoms with Crippen molar-refractivity contribution in [2.45, 2.75) is 64.2 Å². The fourth-order valence-electron chi connectivity index (χ4n) is 2.07. The van der Waals surface area contributed by atoms with Gasteiger partial charge in [-0.2, -0.15) is 0 Å². The zero-order valence-corrected chi connectivity index (χ0v) is 8.23. The molecule has 3 aliphatic carbocycles. The van der Waals surface area contributed by atoms with E-state index in [1.807, 2.05) is 0 Å².